The highest BCUT2D eigenvalue weighted by molar-refractivity contribution is 5.73. The van der Waals surface area contributed by atoms with Gasteiger partial charge in [0, 0.05) is 26.1 Å². The molecule has 0 aliphatic carbocycles. The van der Waals surface area contributed by atoms with Crippen molar-refractivity contribution in [3.05, 3.63) is 64.5 Å². The molecule has 5 heteroatoms. The van der Waals surface area contributed by atoms with Gasteiger partial charge in [-0.25, -0.2) is 4.39 Å². The average molecular weight is 370 g/mol. The Labute approximate surface area is 160 Å². The van der Waals surface area contributed by atoms with Crippen molar-refractivity contribution in [2.75, 3.05) is 13.7 Å². The quantitative estimate of drug-likeness (QED) is 0.860. The summed E-state index contributed by atoms with van der Waals surface area (Å²) in [7, 11) is 1.50. The zero-order chi connectivity index (χ0) is 19.6. The molecule has 1 aliphatic rings. The molecule has 0 unspecified atom stereocenters. The van der Waals surface area contributed by atoms with Crippen molar-refractivity contribution in [2.24, 2.45) is 0 Å². The molecule has 1 heterocycles. The lowest BCUT2D eigenvalue weighted by Gasteiger charge is -2.35. The highest BCUT2D eigenvalue weighted by atomic mass is 19.1. The first-order chi connectivity index (χ1) is 12.9. The van der Waals surface area contributed by atoms with Crippen LogP contribution in [0, 0.1) is 5.82 Å². The Kier molecular flexibility index (Phi) is 5.80. The van der Waals surface area contributed by atoms with E-state index in [1.807, 2.05) is 13.0 Å². The molecule has 4 nitrogen and oxygen atoms in total. The predicted molar refractivity (Wildman–Crippen MR) is 104 cm³/mol. The zero-order valence-electron chi connectivity index (χ0n) is 16.4. The van der Waals surface area contributed by atoms with Crippen LogP contribution in [0.3, 0.4) is 0 Å². The number of amides is 1. The van der Waals surface area contributed by atoms with Gasteiger partial charge in [-0.15, -0.1) is 0 Å². The van der Waals surface area contributed by atoms with Crippen molar-refractivity contribution in [1.82, 2.24) is 10.2 Å². The molecule has 2 aromatic rings. The Hall–Kier alpha value is -2.40. The van der Waals surface area contributed by atoms with E-state index in [-0.39, 0.29) is 23.8 Å². The molecule has 0 saturated heterocycles. The first-order valence-corrected chi connectivity index (χ1v) is 9.36. The number of fused-ring (bicyclic) bond motifs is 1. The summed E-state index contributed by atoms with van der Waals surface area (Å²) in [5.74, 6) is 0.0623. The number of halogens is 1. The van der Waals surface area contributed by atoms with Crippen molar-refractivity contribution in [3.8, 4) is 5.75 Å². The Morgan fingerprint density at radius 2 is 2.00 bits per heavy atom. The second-order valence-corrected chi connectivity index (χ2v) is 7.21. The molecule has 2 atom stereocenters. The normalized spacial score (nSPS) is 17.9. The molecule has 0 radical (unpaired) electrons. The molecule has 0 spiro atoms. The van der Waals surface area contributed by atoms with E-state index >= 15 is 0 Å². The summed E-state index contributed by atoms with van der Waals surface area (Å²) in [5, 5.41) is 2.90. The highest BCUT2D eigenvalue weighted by Crippen LogP contribution is 2.35. The average Bonchev–Trinajstić information content (AvgIpc) is 2.64. The van der Waals surface area contributed by atoms with E-state index in [9.17, 15) is 9.18 Å². The molecule has 0 bridgehead atoms. The van der Waals surface area contributed by atoms with E-state index in [2.05, 4.69) is 41.4 Å². The summed E-state index contributed by atoms with van der Waals surface area (Å²) >= 11 is 0. The molecule has 1 N–H and O–H groups in total. The van der Waals surface area contributed by atoms with E-state index in [4.69, 9.17) is 4.74 Å². The summed E-state index contributed by atoms with van der Waals surface area (Å²) in [4.78, 5) is 13.6. The maximum Gasteiger partial charge on any atom is 0.217 e. The SMILES string of the molecule is COc1ccc2c(c1F)CCN(Cc1ccc([C@H](C)NC(C)=O)cc1)[C@H]2C. The fourth-order valence-electron chi connectivity index (χ4n) is 3.81. The lowest BCUT2D eigenvalue weighted by atomic mass is 9.92. The van der Waals surface area contributed by atoms with Crippen LogP contribution in [0.25, 0.3) is 0 Å². The molecular formula is C22H27FN2O2. The molecule has 1 amide bonds. The fourth-order valence-corrected chi connectivity index (χ4v) is 3.81. The maximum atomic E-state index is 14.5. The van der Waals surface area contributed by atoms with E-state index in [0.29, 0.717) is 12.2 Å². The topological polar surface area (TPSA) is 41.6 Å². The smallest absolute Gasteiger partial charge is 0.217 e. The molecule has 1 aliphatic heterocycles. The van der Waals surface area contributed by atoms with E-state index in [0.717, 1.165) is 29.8 Å². The first kappa shape index (κ1) is 19.4. The summed E-state index contributed by atoms with van der Waals surface area (Å²) in [6.45, 7) is 7.24. The summed E-state index contributed by atoms with van der Waals surface area (Å²) in [6, 6.07) is 12.2. The standard InChI is InChI=1S/C22H27FN2O2/c1-14(24-16(3)26)18-7-5-17(6-8-18)13-25-12-11-20-19(15(25)2)9-10-21(27-4)22(20)23/h5-10,14-15H,11-13H2,1-4H3,(H,24,26)/t14-,15-/m0/s1. The fraction of sp³-hybridized carbons (Fsp3) is 0.409. The van der Waals surface area contributed by atoms with Gasteiger partial charge in [-0.05, 0) is 48.6 Å². The van der Waals surface area contributed by atoms with Crippen molar-refractivity contribution < 1.29 is 13.9 Å². The van der Waals surface area contributed by atoms with Crippen LogP contribution in [0.5, 0.6) is 5.75 Å². The second kappa shape index (κ2) is 8.09. The van der Waals surface area contributed by atoms with E-state index < -0.39 is 0 Å². The number of carbonyl (C=O) groups excluding carboxylic acids is 1. The number of hydrogen-bond acceptors (Lipinski definition) is 3. The maximum absolute atomic E-state index is 14.5. The molecule has 27 heavy (non-hydrogen) atoms. The Morgan fingerprint density at radius 1 is 1.30 bits per heavy atom. The van der Waals surface area contributed by atoms with Gasteiger partial charge in [0.1, 0.15) is 0 Å². The van der Waals surface area contributed by atoms with Gasteiger partial charge in [0.2, 0.25) is 5.91 Å². The Morgan fingerprint density at radius 3 is 2.63 bits per heavy atom. The van der Waals surface area contributed by atoms with Gasteiger partial charge >= 0.3 is 0 Å². The highest BCUT2D eigenvalue weighted by Gasteiger charge is 2.27. The van der Waals surface area contributed by atoms with Crippen LogP contribution < -0.4 is 10.1 Å². The number of nitrogens with zero attached hydrogens (tertiary/aromatic N) is 1. The van der Waals surface area contributed by atoms with Gasteiger partial charge in [0.15, 0.2) is 11.6 Å². The molecule has 3 rings (SSSR count). The molecule has 0 fully saturated rings. The van der Waals surface area contributed by atoms with Crippen molar-refractivity contribution in [2.45, 2.75) is 45.8 Å². The van der Waals surface area contributed by atoms with Crippen molar-refractivity contribution >= 4 is 5.91 Å². The van der Waals surface area contributed by atoms with E-state index in [1.54, 1.807) is 6.07 Å². The number of nitrogens with one attached hydrogen (secondary N) is 1. The third kappa shape index (κ3) is 4.14. The number of hydrogen-bond donors (Lipinski definition) is 1. The van der Waals surface area contributed by atoms with Gasteiger partial charge in [0.05, 0.1) is 13.2 Å². The van der Waals surface area contributed by atoms with Gasteiger partial charge < -0.3 is 10.1 Å². The molecule has 0 aromatic heterocycles. The lowest BCUT2D eigenvalue weighted by Crippen LogP contribution is -2.34. The van der Waals surface area contributed by atoms with E-state index in [1.165, 1.54) is 19.6 Å². The third-order valence-electron chi connectivity index (χ3n) is 5.40. The largest absolute Gasteiger partial charge is 0.494 e. The lowest BCUT2D eigenvalue weighted by molar-refractivity contribution is -0.119. The number of carbonyl (C=O) groups is 1. The summed E-state index contributed by atoms with van der Waals surface area (Å²) < 4.78 is 19.6. The molecular weight excluding hydrogens is 343 g/mol. The predicted octanol–water partition coefficient (Wildman–Crippen LogP) is 4.15. The first-order valence-electron chi connectivity index (χ1n) is 9.36. The summed E-state index contributed by atoms with van der Waals surface area (Å²) in [5.41, 5.74) is 4.10. The number of benzene rings is 2. The molecule has 2 aromatic carbocycles. The second-order valence-electron chi connectivity index (χ2n) is 7.21. The van der Waals surface area contributed by atoms with Crippen LogP contribution in [0.4, 0.5) is 4.39 Å². The van der Waals surface area contributed by atoms with Gasteiger partial charge in [-0.2, -0.15) is 0 Å². The Balaban J connectivity index is 1.72. The van der Waals surface area contributed by atoms with Gasteiger partial charge in [0.25, 0.3) is 0 Å². The van der Waals surface area contributed by atoms with Crippen molar-refractivity contribution in [3.63, 3.8) is 0 Å². The van der Waals surface area contributed by atoms with Crippen LogP contribution in [0.2, 0.25) is 0 Å². The van der Waals surface area contributed by atoms with Gasteiger partial charge in [-0.3, -0.25) is 9.69 Å². The van der Waals surface area contributed by atoms with Crippen molar-refractivity contribution in [1.29, 1.82) is 0 Å². The minimum absolute atomic E-state index is 0.00436. The van der Waals surface area contributed by atoms with Crippen LogP contribution in [-0.2, 0) is 17.8 Å². The van der Waals surface area contributed by atoms with Crippen LogP contribution in [0.1, 0.15) is 55.1 Å². The number of ether oxygens (including phenoxy) is 1. The third-order valence-corrected chi connectivity index (χ3v) is 5.40. The Bertz CT molecular complexity index is 820. The minimum Gasteiger partial charge on any atom is -0.494 e. The number of methoxy groups -OCH3 is 1. The minimum atomic E-state index is -0.224. The van der Waals surface area contributed by atoms with Gasteiger partial charge in [-0.1, -0.05) is 30.3 Å². The molecule has 0 saturated carbocycles. The van der Waals surface area contributed by atoms with Crippen LogP contribution in [0.15, 0.2) is 36.4 Å². The summed E-state index contributed by atoms with van der Waals surface area (Å²) in [6.07, 6.45) is 0.681. The number of rotatable bonds is 5. The monoisotopic (exact) mass is 370 g/mol. The molecule has 144 valence electrons. The van der Waals surface area contributed by atoms with Crippen LogP contribution >= 0.6 is 0 Å². The van der Waals surface area contributed by atoms with Crippen LogP contribution in [-0.4, -0.2) is 24.5 Å². The zero-order valence-corrected chi connectivity index (χ0v) is 16.4.